The van der Waals surface area contributed by atoms with Gasteiger partial charge in [-0.3, -0.25) is 39.1 Å². The number of hydrogen-bond donors (Lipinski definition) is 2. The molecule has 1 atom stereocenters. The first kappa shape index (κ1) is 37.2. The van der Waals surface area contributed by atoms with Gasteiger partial charge in [0.15, 0.2) is 0 Å². The summed E-state index contributed by atoms with van der Waals surface area (Å²) in [5.41, 5.74) is 4.14. The Kier molecular flexibility index (Phi) is 10.2. The van der Waals surface area contributed by atoms with Gasteiger partial charge in [-0.25, -0.2) is 4.79 Å². The molecule has 7 amide bonds. The van der Waals surface area contributed by atoms with Crippen molar-refractivity contribution in [1.82, 2.24) is 24.9 Å². The standard InChI is InChI=1S/C41H40ClN7O7/c42-34-19-31(6-3-26(34)20-43)56-30-11-15-48(16-12-30)41(55)44-29-4-1-25(2-5-29)38(52)47-13-9-24(10-14-47)21-46-22-27-17-32-33(18-28(27)23-46)40(54)49(39(32)53)35-7-8-36(50)45-37(35)51/h1-6,17-19,24,30,35H,7-16,21-23H2,(H,44,55)(H,45,50,51). The minimum absolute atomic E-state index is 0.0456. The van der Waals surface area contributed by atoms with Crippen molar-refractivity contribution < 1.29 is 33.5 Å². The van der Waals surface area contributed by atoms with Crippen molar-refractivity contribution in [2.75, 3.05) is 38.0 Å². The van der Waals surface area contributed by atoms with Gasteiger partial charge in [0.2, 0.25) is 11.8 Å². The van der Waals surface area contributed by atoms with Gasteiger partial charge >= 0.3 is 6.03 Å². The van der Waals surface area contributed by atoms with Gasteiger partial charge in [-0.05, 0) is 84.8 Å². The van der Waals surface area contributed by atoms with Crippen molar-refractivity contribution in [2.45, 2.75) is 63.8 Å². The molecule has 2 N–H and O–H groups in total. The van der Waals surface area contributed by atoms with Crippen LogP contribution in [0.15, 0.2) is 54.6 Å². The maximum atomic E-state index is 13.4. The third-order valence-electron chi connectivity index (χ3n) is 11.4. The summed E-state index contributed by atoms with van der Waals surface area (Å²) < 4.78 is 6.03. The Hall–Kier alpha value is -5.78. The minimum atomic E-state index is -0.984. The molecule has 0 saturated carbocycles. The van der Waals surface area contributed by atoms with E-state index in [1.165, 1.54) is 0 Å². The highest BCUT2D eigenvalue weighted by Gasteiger charge is 2.45. The number of nitrogens with one attached hydrogen (secondary N) is 2. The Bertz CT molecular complexity index is 2130. The Balaban J connectivity index is 0.775. The van der Waals surface area contributed by atoms with Crippen molar-refractivity contribution in [3.05, 3.63) is 93.0 Å². The van der Waals surface area contributed by atoms with E-state index in [1.54, 1.807) is 59.5 Å². The number of anilines is 1. The second-order valence-corrected chi connectivity index (χ2v) is 15.5. The van der Waals surface area contributed by atoms with E-state index in [0.717, 1.165) is 35.4 Å². The first-order valence-corrected chi connectivity index (χ1v) is 19.3. The van der Waals surface area contributed by atoms with Gasteiger partial charge < -0.3 is 19.9 Å². The molecule has 5 heterocycles. The lowest BCUT2D eigenvalue weighted by atomic mass is 9.95. The predicted octanol–water partition coefficient (Wildman–Crippen LogP) is 4.56. The quantitative estimate of drug-likeness (QED) is 0.327. The number of ether oxygens (including phenoxy) is 1. The Morgan fingerprint density at radius 2 is 1.48 bits per heavy atom. The fraction of sp³-hybridized carbons (Fsp3) is 0.390. The number of rotatable bonds is 7. The van der Waals surface area contributed by atoms with Crippen LogP contribution in [-0.4, -0.2) is 100 Å². The van der Waals surface area contributed by atoms with E-state index in [1.807, 2.05) is 11.0 Å². The van der Waals surface area contributed by atoms with Crippen molar-refractivity contribution in [1.29, 1.82) is 5.26 Å². The molecule has 3 aromatic carbocycles. The van der Waals surface area contributed by atoms with Crippen LogP contribution < -0.4 is 15.4 Å². The smallest absolute Gasteiger partial charge is 0.321 e. The second-order valence-electron chi connectivity index (χ2n) is 15.1. The van der Waals surface area contributed by atoms with Gasteiger partial charge in [0, 0.05) is 82.4 Å². The zero-order valence-electron chi connectivity index (χ0n) is 30.6. The number of urea groups is 1. The number of amides is 7. The van der Waals surface area contributed by atoms with Crippen LogP contribution >= 0.6 is 11.6 Å². The lowest BCUT2D eigenvalue weighted by molar-refractivity contribution is -0.136. The first-order valence-electron chi connectivity index (χ1n) is 19.0. The van der Waals surface area contributed by atoms with Gasteiger partial charge in [-0.1, -0.05) is 11.6 Å². The summed E-state index contributed by atoms with van der Waals surface area (Å²) in [4.78, 5) is 83.9. The topological polar surface area (TPSA) is 172 Å². The van der Waals surface area contributed by atoms with Crippen LogP contribution in [0.2, 0.25) is 5.02 Å². The molecule has 0 aliphatic carbocycles. The Morgan fingerprint density at radius 1 is 0.839 bits per heavy atom. The average molecular weight is 778 g/mol. The van der Waals surface area contributed by atoms with E-state index in [9.17, 15) is 28.8 Å². The molecule has 5 aliphatic heterocycles. The fourth-order valence-electron chi connectivity index (χ4n) is 8.36. The highest BCUT2D eigenvalue weighted by molar-refractivity contribution is 6.31. The number of imide groups is 2. The lowest BCUT2D eigenvalue weighted by Crippen LogP contribution is -2.54. The lowest BCUT2D eigenvalue weighted by Gasteiger charge is -2.34. The van der Waals surface area contributed by atoms with Crippen LogP contribution in [0.4, 0.5) is 10.5 Å². The zero-order chi connectivity index (χ0) is 39.1. The summed E-state index contributed by atoms with van der Waals surface area (Å²) >= 11 is 6.13. The van der Waals surface area contributed by atoms with Crippen LogP contribution in [0.5, 0.6) is 5.75 Å². The van der Waals surface area contributed by atoms with Gasteiger partial charge in [0.05, 0.1) is 21.7 Å². The van der Waals surface area contributed by atoms with Crippen LogP contribution in [0.25, 0.3) is 0 Å². The molecule has 3 aromatic rings. The highest BCUT2D eigenvalue weighted by Crippen LogP contribution is 2.34. The molecular formula is C41H40ClN7O7. The first-order chi connectivity index (χ1) is 27.0. The number of benzene rings is 3. The largest absolute Gasteiger partial charge is 0.490 e. The number of fused-ring (bicyclic) bond motifs is 2. The van der Waals surface area contributed by atoms with Crippen molar-refractivity contribution >= 4 is 52.9 Å². The molecule has 1 unspecified atom stereocenters. The van der Waals surface area contributed by atoms with E-state index in [4.69, 9.17) is 21.6 Å². The van der Waals surface area contributed by atoms with Crippen LogP contribution in [0, 0.1) is 17.2 Å². The maximum Gasteiger partial charge on any atom is 0.321 e. The number of nitriles is 1. The zero-order valence-corrected chi connectivity index (χ0v) is 31.3. The third kappa shape index (κ3) is 7.44. The summed E-state index contributed by atoms with van der Waals surface area (Å²) in [6, 6.07) is 16.4. The van der Waals surface area contributed by atoms with E-state index >= 15 is 0 Å². The van der Waals surface area contributed by atoms with Gasteiger partial charge in [-0.2, -0.15) is 5.26 Å². The van der Waals surface area contributed by atoms with Gasteiger partial charge in [-0.15, -0.1) is 0 Å². The van der Waals surface area contributed by atoms with E-state index in [2.05, 4.69) is 15.5 Å². The third-order valence-corrected chi connectivity index (χ3v) is 11.8. The number of carbonyl (C=O) groups is 6. The molecule has 8 rings (SSSR count). The second kappa shape index (κ2) is 15.4. The van der Waals surface area contributed by atoms with E-state index < -0.39 is 29.7 Å². The van der Waals surface area contributed by atoms with Crippen LogP contribution in [0.3, 0.4) is 0 Å². The van der Waals surface area contributed by atoms with Crippen LogP contribution in [-0.2, 0) is 22.7 Å². The van der Waals surface area contributed by atoms with Gasteiger partial charge in [0.1, 0.15) is 24.0 Å². The highest BCUT2D eigenvalue weighted by atomic mass is 35.5. The molecular weight excluding hydrogens is 738 g/mol. The molecule has 15 heteroatoms. The molecule has 0 bridgehead atoms. The summed E-state index contributed by atoms with van der Waals surface area (Å²) in [7, 11) is 0. The summed E-state index contributed by atoms with van der Waals surface area (Å²) in [6.45, 7) is 4.43. The van der Waals surface area contributed by atoms with Crippen molar-refractivity contribution in [3.8, 4) is 11.8 Å². The number of halogens is 1. The average Bonchev–Trinajstić information content (AvgIpc) is 3.70. The molecule has 3 saturated heterocycles. The van der Waals surface area contributed by atoms with E-state index in [0.29, 0.717) is 96.7 Å². The van der Waals surface area contributed by atoms with Crippen molar-refractivity contribution in [2.24, 2.45) is 5.92 Å². The number of piperidine rings is 3. The number of likely N-dealkylation sites (tertiary alicyclic amines) is 2. The number of carbonyl (C=O) groups excluding carboxylic acids is 6. The molecule has 5 aliphatic rings. The Morgan fingerprint density at radius 3 is 2.09 bits per heavy atom. The monoisotopic (exact) mass is 777 g/mol. The fourth-order valence-corrected chi connectivity index (χ4v) is 8.57. The summed E-state index contributed by atoms with van der Waals surface area (Å²) in [5.74, 6) is -1.08. The SMILES string of the molecule is N#Cc1ccc(OC2CCN(C(=O)Nc3ccc(C(=O)N4CCC(CN5Cc6cc7c(cc6C5)C(=O)N(C5CCC(=O)NC5=O)C7=O)CC4)cc3)CC2)cc1Cl. The molecule has 14 nitrogen and oxygen atoms in total. The normalized spacial score (nSPS) is 20.4. The van der Waals surface area contributed by atoms with Crippen LogP contribution in [0.1, 0.15) is 86.3 Å². The summed E-state index contributed by atoms with van der Waals surface area (Å²) in [5, 5.41) is 14.6. The molecule has 3 fully saturated rings. The molecule has 288 valence electrons. The van der Waals surface area contributed by atoms with Gasteiger partial charge in [0.25, 0.3) is 17.7 Å². The molecule has 56 heavy (non-hydrogen) atoms. The Labute approximate surface area is 328 Å². The minimum Gasteiger partial charge on any atom is -0.490 e. The number of nitrogens with zero attached hydrogens (tertiary/aromatic N) is 5. The molecule has 0 radical (unpaired) electrons. The predicted molar refractivity (Wildman–Crippen MR) is 203 cm³/mol. The summed E-state index contributed by atoms with van der Waals surface area (Å²) in [6.07, 6.45) is 3.15. The number of hydrogen-bond acceptors (Lipinski definition) is 9. The molecule has 0 aromatic heterocycles. The van der Waals surface area contributed by atoms with Crippen molar-refractivity contribution in [3.63, 3.8) is 0 Å². The van der Waals surface area contributed by atoms with E-state index in [-0.39, 0.29) is 30.9 Å². The molecule has 0 spiro atoms. The maximum absolute atomic E-state index is 13.4.